The lowest BCUT2D eigenvalue weighted by Crippen LogP contribution is -2.47. The molecule has 110 valence electrons. The molecule has 0 fully saturated rings. The number of furan rings is 1. The highest BCUT2D eigenvalue weighted by atomic mass is 32.1. The Hall–Kier alpha value is -2.34. The molecule has 5 nitrogen and oxygen atoms in total. The number of thiocarbonyl (C=S) groups is 1. The molecule has 1 aromatic heterocycles. The Morgan fingerprint density at radius 1 is 1.19 bits per heavy atom. The van der Waals surface area contributed by atoms with E-state index in [1.807, 2.05) is 37.3 Å². The molecule has 21 heavy (non-hydrogen) atoms. The van der Waals surface area contributed by atoms with E-state index in [0.29, 0.717) is 16.4 Å². The fourth-order valence-electron chi connectivity index (χ4n) is 1.86. The second-order valence-corrected chi connectivity index (χ2v) is 4.98. The number of hydrogen-bond acceptors (Lipinski definition) is 3. The van der Waals surface area contributed by atoms with Gasteiger partial charge in [0.2, 0.25) is 0 Å². The summed E-state index contributed by atoms with van der Waals surface area (Å²) in [7, 11) is 0. The molecule has 0 aliphatic rings. The second kappa shape index (κ2) is 6.90. The molecular weight excluding hydrogens is 286 g/mol. The molecule has 2 aromatic rings. The minimum atomic E-state index is -0.294. The van der Waals surface area contributed by atoms with Crippen molar-refractivity contribution in [2.24, 2.45) is 0 Å². The van der Waals surface area contributed by atoms with Crippen LogP contribution in [0.4, 0.5) is 0 Å². The number of aryl methyl sites for hydroxylation is 1. The zero-order valence-electron chi connectivity index (χ0n) is 11.8. The van der Waals surface area contributed by atoms with Crippen molar-refractivity contribution < 1.29 is 9.21 Å². The van der Waals surface area contributed by atoms with Gasteiger partial charge in [0.05, 0.1) is 17.9 Å². The smallest absolute Gasteiger partial charge is 0.273 e. The average Bonchev–Trinajstić information content (AvgIpc) is 2.92. The Morgan fingerprint density at radius 3 is 2.52 bits per heavy atom. The van der Waals surface area contributed by atoms with Crippen molar-refractivity contribution in [3.63, 3.8) is 0 Å². The SMILES string of the molecule is Cc1occc1C(=O)NNC(=S)NC(C)c1ccccc1. The highest BCUT2D eigenvalue weighted by molar-refractivity contribution is 7.80. The molecule has 0 aliphatic heterocycles. The molecule has 0 saturated heterocycles. The van der Waals surface area contributed by atoms with Crippen LogP contribution in [0.25, 0.3) is 0 Å². The molecule has 1 unspecified atom stereocenters. The molecule has 0 aliphatic carbocycles. The third kappa shape index (κ3) is 4.06. The first-order chi connectivity index (χ1) is 10.1. The summed E-state index contributed by atoms with van der Waals surface area (Å²) in [6, 6.07) is 11.6. The molecule has 3 N–H and O–H groups in total. The van der Waals surface area contributed by atoms with Crippen LogP contribution in [-0.4, -0.2) is 11.0 Å². The predicted octanol–water partition coefficient (Wildman–Crippen LogP) is 2.46. The van der Waals surface area contributed by atoms with Gasteiger partial charge in [-0.3, -0.25) is 15.6 Å². The monoisotopic (exact) mass is 303 g/mol. The maximum absolute atomic E-state index is 11.9. The average molecular weight is 303 g/mol. The number of carbonyl (C=O) groups is 1. The first-order valence-corrected chi connectivity index (χ1v) is 6.94. The van der Waals surface area contributed by atoms with Gasteiger partial charge in [-0.25, -0.2) is 0 Å². The van der Waals surface area contributed by atoms with Gasteiger partial charge in [-0.2, -0.15) is 0 Å². The lowest BCUT2D eigenvalue weighted by Gasteiger charge is -2.17. The van der Waals surface area contributed by atoms with Gasteiger partial charge < -0.3 is 9.73 Å². The van der Waals surface area contributed by atoms with Gasteiger partial charge in [0.15, 0.2) is 5.11 Å². The van der Waals surface area contributed by atoms with Gasteiger partial charge >= 0.3 is 0 Å². The number of hydrogen-bond donors (Lipinski definition) is 3. The molecule has 0 spiro atoms. The maximum atomic E-state index is 11.9. The molecule has 6 heteroatoms. The maximum Gasteiger partial charge on any atom is 0.273 e. The number of hydrazine groups is 1. The van der Waals surface area contributed by atoms with E-state index >= 15 is 0 Å². The van der Waals surface area contributed by atoms with Crippen molar-refractivity contribution in [1.82, 2.24) is 16.2 Å². The summed E-state index contributed by atoms with van der Waals surface area (Å²) in [5.41, 5.74) is 6.79. The highest BCUT2D eigenvalue weighted by Crippen LogP contribution is 2.10. The molecule has 1 aromatic carbocycles. The van der Waals surface area contributed by atoms with Gasteiger partial charge in [0.1, 0.15) is 5.76 Å². The van der Waals surface area contributed by atoms with Crippen molar-refractivity contribution in [2.75, 3.05) is 0 Å². The highest BCUT2D eigenvalue weighted by Gasteiger charge is 2.12. The van der Waals surface area contributed by atoms with Crippen LogP contribution in [0.15, 0.2) is 47.1 Å². The summed E-state index contributed by atoms with van der Waals surface area (Å²) in [6.45, 7) is 3.72. The summed E-state index contributed by atoms with van der Waals surface area (Å²) >= 11 is 5.15. The number of nitrogens with one attached hydrogen (secondary N) is 3. The Bertz CT molecular complexity index is 625. The molecule has 1 atom stereocenters. The van der Waals surface area contributed by atoms with E-state index in [-0.39, 0.29) is 11.9 Å². The Morgan fingerprint density at radius 2 is 1.90 bits per heavy atom. The van der Waals surface area contributed by atoms with Crippen molar-refractivity contribution in [2.45, 2.75) is 19.9 Å². The number of benzene rings is 1. The van der Waals surface area contributed by atoms with E-state index in [2.05, 4.69) is 16.2 Å². The van der Waals surface area contributed by atoms with E-state index < -0.39 is 0 Å². The topological polar surface area (TPSA) is 66.3 Å². The number of rotatable bonds is 3. The van der Waals surface area contributed by atoms with Gasteiger partial charge in [-0.1, -0.05) is 30.3 Å². The largest absolute Gasteiger partial charge is 0.469 e. The van der Waals surface area contributed by atoms with Crippen LogP contribution in [0, 0.1) is 6.92 Å². The Kier molecular flexibility index (Phi) is 4.94. The lowest BCUT2D eigenvalue weighted by molar-refractivity contribution is 0.0942. The van der Waals surface area contributed by atoms with Crippen LogP contribution in [-0.2, 0) is 0 Å². The Balaban J connectivity index is 1.83. The first-order valence-electron chi connectivity index (χ1n) is 6.54. The summed E-state index contributed by atoms with van der Waals surface area (Å²) < 4.78 is 5.08. The minimum Gasteiger partial charge on any atom is -0.469 e. The fraction of sp³-hybridized carbons (Fsp3) is 0.200. The van der Waals surface area contributed by atoms with E-state index in [9.17, 15) is 4.79 Å². The lowest BCUT2D eigenvalue weighted by atomic mass is 10.1. The van der Waals surface area contributed by atoms with Crippen molar-refractivity contribution in [3.8, 4) is 0 Å². The minimum absolute atomic E-state index is 0.0405. The zero-order chi connectivity index (χ0) is 15.2. The molecule has 0 bridgehead atoms. The molecule has 1 amide bonds. The van der Waals surface area contributed by atoms with Gasteiger partial charge in [0, 0.05) is 0 Å². The fourth-order valence-corrected chi connectivity index (χ4v) is 2.09. The van der Waals surface area contributed by atoms with Crippen LogP contribution >= 0.6 is 12.2 Å². The number of carbonyl (C=O) groups excluding carboxylic acids is 1. The van der Waals surface area contributed by atoms with E-state index in [4.69, 9.17) is 16.6 Å². The van der Waals surface area contributed by atoms with Crippen molar-refractivity contribution in [3.05, 3.63) is 59.5 Å². The second-order valence-electron chi connectivity index (χ2n) is 4.58. The van der Waals surface area contributed by atoms with Crippen LogP contribution in [0.2, 0.25) is 0 Å². The van der Waals surface area contributed by atoms with Crippen LogP contribution < -0.4 is 16.2 Å². The summed E-state index contributed by atoms with van der Waals surface area (Å²) in [5.74, 6) is 0.267. The van der Waals surface area contributed by atoms with Gasteiger partial charge in [-0.15, -0.1) is 0 Å². The quantitative estimate of drug-likeness (QED) is 0.600. The molecular formula is C15H17N3O2S. The van der Waals surface area contributed by atoms with E-state index in [1.54, 1.807) is 13.0 Å². The normalized spacial score (nSPS) is 11.5. The van der Waals surface area contributed by atoms with Crippen LogP contribution in [0.3, 0.4) is 0 Å². The van der Waals surface area contributed by atoms with Crippen LogP contribution in [0.1, 0.15) is 34.6 Å². The molecule has 2 rings (SSSR count). The Labute approximate surface area is 128 Å². The third-order valence-corrected chi connectivity index (χ3v) is 3.26. The standard InChI is InChI=1S/C15H17N3O2S/c1-10(12-6-4-3-5-7-12)16-15(21)18-17-14(19)13-8-9-20-11(13)2/h3-10H,1-2H3,(H,17,19)(H2,16,18,21). The van der Waals surface area contributed by atoms with E-state index in [1.165, 1.54) is 6.26 Å². The molecule has 1 heterocycles. The summed E-state index contributed by atoms with van der Waals surface area (Å²) in [6.07, 6.45) is 1.47. The van der Waals surface area contributed by atoms with E-state index in [0.717, 1.165) is 5.56 Å². The number of amides is 1. The summed E-state index contributed by atoms with van der Waals surface area (Å²) in [4.78, 5) is 11.9. The molecule has 0 saturated carbocycles. The third-order valence-electron chi connectivity index (χ3n) is 3.04. The molecule has 0 radical (unpaired) electrons. The van der Waals surface area contributed by atoms with Gasteiger partial charge in [0.25, 0.3) is 5.91 Å². The van der Waals surface area contributed by atoms with Crippen LogP contribution in [0.5, 0.6) is 0 Å². The van der Waals surface area contributed by atoms with Crippen molar-refractivity contribution >= 4 is 23.2 Å². The van der Waals surface area contributed by atoms with Gasteiger partial charge in [-0.05, 0) is 37.7 Å². The predicted molar refractivity (Wildman–Crippen MR) is 84.6 cm³/mol. The summed E-state index contributed by atoms with van der Waals surface area (Å²) in [5, 5.41) is 3.44. The zero-order valence-corrected chi connectivity index (χ0v) is 12.7. The van der Waals surface area contributed by atoms with Crippen molar-refractivity contribution in [1.29, 1.82) is 0 Å². The first kappa shape index (κ1) is 15.1.